The molecule has 3 unspecified atom stereocenters. The minimum atomic E-state index is -0.537. The van der Waals surface area contributed by atoms with Crippen LogP contribution in [0.1, 0.15) is 39.2 Å². The van der Waals surface area contributed by atoms with Gasteiger partial charge in [-0.3, -0.25) is 4.72 Å². The van der Waals surface area contributed by atoms with Crippen LogP contribution in [0.25, 0.3) is 0 Å². The molecule has 3 atom stereocenters. The summed E-state index contributed by atoms with van der Waals surface area (Å²) in [5, 5.41) is 7.69. The van der Waals surface area contributed by atoms with E-state index < -0.39 is 5.60 Å². The molecule has 1 aliphatic carbocycles. The molecule has 1 amide bonds. The molecule has 2 bridgehead atoms. The number of piperidine rings is 1. The highest BCUT2D eigenvalue weighted by Crippen LogP contribution is 2.42. The first kappa shape index (κ1) is 19.7. The van der Waals surface area contributed by atoms with Crippen molar-refractivity contribution in [3.63, 3.8) is 0 Å². The molecule has 27 heavy (non-hydrogen) atoms. The van der Waals surface area contributed by atoms with Crippen LogP contribution in [0.3, 0.4) is 0 Å². The van der Waals surface area contributed by atoms with E-state index in [9.17, 15) is 8.68 Å². The molecule has 148 valence electrons. The van der Waals surface area contributed by atoms with E-state index in [0.29, 0.717) is 23.8 Å². The zero-order valence-electron chi connectivity index (χ0n) is 15.9. The zero-order chi connectivity index (χ0) is 19.8. The highest BCUT2D eigenvalue weighted by Gasteiger charge is 2.49. The molecule has 2 aliphatic rings. The van der Waals surface area contributed by atoms with E-state index in [1.807, 2.05) is 37.6 Å². The zero-order valence-corrected chi connectivity index (χ0v) is 16.7. The Hall–Kier alpha value is -2.10. The van der Waals surface area contributed by atoms with Gasteiger partial charge < -0.3 is 19.9 Å². The molecular formula is C17H25FN6O2S. The van der Waals surface area contributed by atoms with Gasteiger partial charge in [0.25, 0.3) is 0 Å². The fraction of sp³-hybridized carbons (Fsp3) is 0.647. The van der Waals surface area contributed by atoms with E-state index in [2.05, 4.69) is 14.7 Å². The van der Waals surface area contributed by atoms with Gasteiger partial charge in [0.2, 0.25) is 0 Å². The fourth-order valence-corrected chi connectivity index (χ4v) is 4.25. The molecule has 10 heteroatoms. The van der Waals surface area contributed by atoms with Crippen LogP contribution >= 0.6 is 12.3 Å². The third-order valence-electron chi connectivity index (χ3n) is 5.05. The third-order valence-corrected chi connectivity index (χ3v) is 5.32. The number of amides is 1. The Morgan fingerprint density at radius 1 is 1.48 bits per heavy atom. The third kappa shape index (κ3) is 3.95. The number of carbonyl (C=O) groups is 1. The second kappa shape index (κ2) is 7.49. The summed E-state index contributed by atoms with van der Waals surface area (Å²) in [5.41, 5.74) is -0.123. The number of halogens is 1. The van der Waals surface area contributed by atoms with Crippen LogP contribution in [-0.2, 0) is 4.74 Å². The summed E-state index contributed by atoms with van der Waals surface area (Å²) in [6.45, 7) is 6.28. The van der Waals surface area contributed by atoms with Crippen molar-refractivity contribution in [1.82, 2.24) is 14.9 Å². The van der Waals surface area contributed by atoms with Gasteiger partial charge in [-0.15, -0.1) is 3.89 Å². The summed E-state index contributed by atoms with van der Waals surface area (Å²) in [7, 11) is 1.89. The molecular weight excluding hydrogens is 371 g/mol. The molecule has 3 rings (SSSR count). The predicted molar refractivity (Wildman–Crippen MR) is 104 cm³/mol. The van der Waals surface area contributed by atoms with Crippen molar-refractivity contribution in [2.75, 3.05) is 23.2 Å². The van der Waals surface area contributed by atoms with Crippen LogP contribution in [0.4, 0.5) is 20.3 Å². The van der Waals surface area contributed by atoms with Crippen LogP contribution in [0, 0.1) is 11.3 Å². The number of carbonyl (C=O) groups excluding carboxylic acids is 1. The molecule has 1 aromatic rings. The van der Waals surface area contributed by atoms with Crippen molar-refractivity contribution in [3.8, 4) is 0 Å². The van der Waals surface area contributed by atoms with E-state index in [-0.39, 0.29) is 36.3 Å². The van der Waals surface area contributed by atoms with Gasteiger partial charge in [-0.2, -0.15) is 0 Å². The quantitative estimate of drug-likeness (QED) is 0.583. The van der Waals surface area contributed by atoms with Crippen molar-refractivity contribution < 1.29 is 13.4 Å². The molecule has 0 spiro atoms. The summed E-state index contributed by atoms with van der Waals surface area (Å²) in [4.78, 5) is 24.7. The second-order valence-electron chi connectivity index (χ2n) is 8.00. The van der Waals surface area contributed by atoms with Gasteiger partial charge in [0.05, 0.1) is 17.6 Å². The van der Waals surface area contributed by atoms with Gasteiger partial charge in [-0.1, -0.05) is 0 Å². The Morgan fingerprint density at radius 2 is 2.22 bits per heavy atom. The van der Waals surface area contributed by atoms with Gasteiger partial charge >= 0.3 is 6.09 Å². The largest absolute Gasteiger partial charge is 0.444 e. The topological polar surface area (TPSA) is 94.4 Å². The van der Waals surface area contributed by atoms with Gasteiger partial charge in [0, 0.05) is 19.8 Å². The summed E-state index contributed by atoms with van der Waals surface area (Å²) < 4.78 is 20.6. The number of aromatic nitrogens is 2. The number of rotatable bonds is 5. The molecule has 1 aliphatic heterocycles. The average Bonchev–Trinajstić information content (AvgIpc) is 3.20. The van der Waals surface area contributed by atoms with Crippen LogP contribution in [0.15, 0.2) is 6.33 Å². The molecule has 2 fully saturated rings. The normalized spacial score (nSPS) is 24.0. The van der Waals surface area contributed by atoms with Crippen LogP contribution in [0.5, 0.6) is 0 Å². The first-order valence-electron chi connectivity index (χ1n) is 8.86. The highest BCUT2D eigenvalue weighted by molar-refractivity contribution is 7.95. The molecule has 1 saturated carbocycles. The maximum Gasteiger partial charge on any atom is 0.410 e. The number of nitrogens with one attached hydrogen (secondary N) is 2. The van der Waals surface area contributed by atoms with E-state index in [4.69, 9.17) is 10.1 Å². The highest BCUT2D eigenvalue weighted by atomic mass is 32.2. The molecule has 1 aromatic heterocycles. The Morgan fingerprint density at radius 3 is 2.81 bits per heavy atom. The lowest BCUT2D eigenvalue weighted by Crippen LogP contribution is -2.52. The SMILES string of the molecule is CN(c1ncnc(NSF)c1C=N)C1CC2CC1N(C(=O)OC(C)(C)C)C2. The maximum atomic E-state index is 12.6. The average molecular weight is 396 g/mol. The number of hydrogen-bond donors (Lipinski definition) is 2. The van der Waals surface area contributed by atoms with Gasteiger partial charge in [-0.25, -0.2) is 14.8 Å². The Labute approximate surface area is 162 Å². The molecule has 0 radical (unpaired) electrons. The lowest BCUT2D eigenvalue weighted by atomic mass is 10.0. The first-order chi connectivity index (χ1) is 12.7. The summed E-state index contributed by atoms with van der Waals surface area (Å²) >= 11 is -0.0730. The molecule has 0 aromatic carbocycles. The van der Waals surface area contributed by atoms with E-state index in [1.54, 1.807) is 0 Å². The number of likely N-dealkylation sites (tertiary alicyclic amines) is 1. The van der Waals surface area contributed by atoms with E-state index in [1.165, 1.54) is 6.33 Å². The molecule has 2 heterocycles. The van der Waals surface area contributed by atoms with Crippen LogP contribution in [-0.4, -0.2) is 58.5 Å². The van der Waals surface area contributed by atoms with Crippen molar-refractivity contribution >= 4 is 36.3 Å². The predicted octanol–water partition coefficient (Wildman–Crippen LogP) is 3.25. The number of likely N-dealkylation sites (N-methyl/N-ethyl adjacent to an activating group) is 1. The summed E-state index contributed by atoms with van der Waals surface area (Å²) in [6.07, 6.45) is 4.02. The minimum absolute atomic E-state index is 0.0235. The number of nitrogens with zero attached hydrogens (tertiary/aromatic N) is 4. The number of anilines is 2. The van der Waals surface area contributed by atoms with Crippen molar-refractivity contribution in [3.05, 3.63) is 11.9 Å². The summed E-state index contributed by atoms with van der Waals surface area (Å²) in [6, 6.07) is 0.0751. The maximum absolute atomic E-state index is 12.6. The fourth-order valence-electron chi connectivity index (χ4n) is 4.01. The number of fused-ring (bicyclic) bond motifs is 2. The monoisotopic (exact) mass is 396 g/mol. The minimum Gasteiger partial charge on any atom is -0.444 e. The Bertz CT molecular complexity index is 728. The van der Waals surface area contributed by atoms with Crippen LogP contribution in [0.2, 0.25) is 0 Å². The second-order valence-corrected chi connectivity index (χ2v) is 8.36. The van der Waals surface area contributed by atoms with Crippen molar-refractivity contribution in [2.24, 2.45) is 5.92 Å². The first-order valence-corrected chi connectivity index (χ1v) is 9.58. The standard InChI is InChI=1S/C17H25FN6O2S/c1-17(2,3)26-16(25)24-8-10-5-12(13(24)6-10)23(4)15-11(7-19)14(22-27-18)20-9-21-15/h7,9-10,12-13,19H,5-6,8H2,1-4H3,(H,20,21,22). The number of hydrogen-bond acceptors (Lipinski definition) is 8. The molecule has 1 saturated heterocycles. The van der Waals surface area contributed by atoms with Crippen molar-refractivity contribution in [1.29, 1.82) is 5.41 Å². The van der Waals surface area contributed by atoms with Gasteiger partial charge in [0.15, 0.2) is 18.2 Å². The van der Waals surface area contributed by atoms with Crippen molar-refractivity contribution in [2.45, 2.75) is 51.3 Å². The number of ether oxygens (including phenoxy) is 1. The summed E-state index contributed by atoms with van der Waals surface area (Å²) in [5.74, 6) is 1.21. The van der Waals surface area contributed by atoms with E-state index in [0.717, 1.165) is 19.1 Å². The smallest absolute Gasteiger partial charge is 0.410 e. The van der Waals surface area contributed by atoms with Gasteiger partial charge in [-0.05, 0) is 39.5 Å². The lowest BCUT2D eigenvalue weighted by molar-refractivity contribution is 0.0171. The molecule has 2 N–H and O–H groups in total. The van der Waals surface area contributed by atoms with E-state index >= 15 is 0 Å². The lowest BCUT2D eigenvalue weighted by Gasteiger charge is -2.39. The molecule has 8 nitrogen and oxygen atoms in total. The van der Waals surface area contributed by atoms with Crippen LogP contribution < -0.4 is 9.62 Å². The Kier molecular flexibility index (Phi) is 5.45. The Balaban J connectivity index is 1.82. The van der Waals surface area contributed by atoms with Gasteiger partial charge in [0.1, 0.15) is 17.7 Å².